The summed E-state index contributed by atoms with van der Waals surface area (Å²) in [6.45, 7) is 2.15. The van der Waals surface area contributed by atoms with Crippen LogP contribution in [0.4, 0.5) is 0 Å². The molecule has 0 atom stereocenters. The maximum atomic E-state index is 5.99. The van der Waals surface area contributed by atoms with Gasteiger partial charge in [0.25, 0.3) is 0 Å². The molecule has 0 radical (unpaired) electrons. The summed E-state index contributed by atoms with van der Waals surface area (Å²) in [5, 5.41) is 4.06. The third-order valence-electron chi connectivity index (χ3n) is 3.11. The van der Waals surface area contributed by atoms with E-state index in [0.29, 0.717) is 5.84 Å². The molecule has 2 aromatic carbocycles. The minimum atomic E-state index is 0.498. The van der Waals surface area contributed by atoms with Crippen molar-refractivity contribution in [3.8, 4) is 11.1 Å². The van der Waals surface area contributed by atoms with Gasteiger partial charge in [-0.05, 0) is 23.1 Å². The summed E-state index contributed by atoms with van der Waals surface area (Å²) in [6, 6.07) is 16.6. The van der Waals surface area contributed by atoms with Gasteiger partial charge in [0, 0.05) is 12.6 Å². The Labute approximate surface area is 114 Å². The van der Waals surface area contributed by atoms with Crippen LogP contribution in [-0.4, -0.2) is 12.9 Å². The number of nitrogens with zero attached hydrogens (tertiary/aromatic N) is 1. The first-order valence-corrected chi connectivity index (χ1v) is 6.45. The van der Waals surface area contributed by atoms with E-state index in [9.17, 15) is 0 Å². The van der Waals surface area contributed by atoms with E-state index in [1.165, 1.54) is 5.56 Å². The lowest BCUT2D eigenvalue weighted by Gasteiger charge is -2.09. The third-order valence-corrected chi connectivity index (χ3v) is 3.11. The van der Waals surface area contributed by atoms with Gasteiger partial charge in [0.15, 0.2) is 5.84 Å². The van der Waals surface area contributed by atoms with Crippen molar-refractivity contribution in [1.82, 2.24) is 5.43 Å². The summed E-state index contributed by atoms with van der Waals surface area (Å²) in [5.74, 6) is 0.498. The quantitative estimate of drug-likeness (QED) is 0.500. The van der Waals surface area contributed by atoms with Gasteiger partial charge in [-0.2, -0.15) is 5.10 Å². The van der Waals surface area contributed by atoms with Crippen LogP contribution in [0.3, 0.4) is 0 Å². The van der Waals surface area contributed by atoms with Crippen LogP contribution in [0.25, 0.3) is 11.1 Å². The van der Waals surface area contributed by atoms with E-state index in [0.717, 1.165) is 23.1 Å². The molecule has 98 valence electrons. The van der Waals surface area contributed by atoms with Crippen molar-refractivity contribution >= 4 is 5.84 Å². The molecule has 3 nitrogen and oxygen atoms in total. The fraction of sp³-hybridized carbons (Fsp3) is 0.188. The van der Waals surface area contributed by atoms with Gasteiger partial charge in [-0.15, -0.1) is 0 Å². The molecule has 2 rings (SSSR count). The molecule has 0 aliphatic rings. The third kappa shape index (κ3) is 2.94. The maximum absolute atomic E-state index is 5.99. The first-order chi connectivity index (χ1) is 9.26. The molecule has 0 spiro atoms. The van der Waals surface area contributed by atoms with Gasteiger partial charge in [0.1, 0.15) is 0 Å². The Morgan fingerprint density at radius 3 is 2.42 bits per heavy atom. The Bertz CT molecular complexity index is 571. The van der Waals surface area contributed by atoms with Gasteiger partial charge in [-0.3, -0.25) is 0 Å². The lowest BCUT2D eigenvalue weighted by atomic mass is 9.98. The average Bonchev–Trinajstić information content (AvgIpc) is 2.47. The summed E-state index contributed by atoms with van der Waals surface area (Å²) in [5.41, 5.74) is 13.2. The number of benzene rings is 2. The highest BCUT2D eigenvalue weighted by molar-refractivity contribution is 6.03. The Hall–Kier alpha value is -2.29. The van der Waals surface area contributed by atoms with Gasteiger partial charge in [-0.25, -0.2) is 0 Å². The Morgan fingerprint density at radius 2 is 1.79 bits per heavy atom. The molecule has 0 amide bonds. The van der Waals surface area contributed by atoms with Crippen LogP contribution in [0.1, 0.15) is 18.1 Å². The first-order valence-electron chi connectivity index (χ1n) is 6.45. The summed E-state index contributed by atoms with van der Waals surface area (Å²) in [7, 11) is 1.74. The molecule has 0 unspecified atom stereocenters. The molecular formula is C16H19N3. The van der Waals surface area contributed by atoms with Gasteiger partial charge in [0.05, 0.1) is 0 Å². The highest BCUT2D eigenvalue weighted by atomic mass is 15.3. The fourth-order valence-electron chi connectivity index (χ4n) is 2.06. The zero-order chi connectivity index (χ0) is 13.7. The van der Waals surface area contributed by atoms with E-state index >= 15 is 0 Å². The first kappa shape index (κ1) is 13.1. The summed E-state index contributed by atoms with van der Waals surface area (Å²) < 4.78 is 0. The second kappa shape index (κ2) is 6.05. The predicted molar refractivity (Wildman–Crippen MR) is 81.0 cm³/mol. The number of nitrogens with one attached hydrogen (secondary N) is 1. The zero-order valence-electron chi connectivity index (χ0n) is 11.4. The monoisotopic (exact) mass is 253 g/mol. The molecule has 0 bridgehead atoms. The Kier molecular flexibility index (Phi) is 4.18. The van der Waals surface area contributed by atoms with Gasteiger partial charge < -0.3 is 11.2 Å². The van der Waals surface area contributed by atoms with Crippen LogP contribution >= 0.6 is 0 Å². The molecule has 3 N–H and O–H groups in total. The normalized spacial score (nSPS) is 11.4. The average molecular weight is 253 g/mol. The number of aryl methyl sites for hydroxylation is 1. The van der Waals surface area contributed by atoms with Crippen LogP contribution in [0.2, 0.25) is 0 Å². The highest BCUT2D eigenvalue weighted by Gasteiger charge is 2.07. The van der Waals surface area contributed by atoms with E-state index in [1.807, 2.05) is 18.2 Å². The van der Waals surface area contributed by atoms with Crippen molar-refractivity contribution < 1.29 is 0 Å². The van der Waals surface area contributed by atoms with Crippen LogP contribution < -0.4 is 11.2 Å². The van der Waals surface area contributed by atoms with Crippen molar-refractivity contribution in [3.05, 3.63) is 59.7 Å². The second-order valence-electron chi connectivity index (χ2n) is 4.32. The smallest absolute Gasteiger partial charge is 0.151 e. The molecule has 3 heteroatoms. The molecule has 0 heterocycles. The summed E-state index contributed by atoms with van der Waals surface area (Å²) >= 11 is 0. The number of nitrogens with two attached hydrogens (primary N) is 1. The molecule has 2 aromatic rings. The topological polar surface area (TPSA) is 50.4 Å². The van der Waals surface area contributed by atoms with Crippen LogP contribution in [0, 0.1) is 0 Å². The minimum absolute atomic E-state index is 0.498. The molecule has 0 aliphatic heterocycles. The standard InChI is InChI=1S/C16H19N3/c1-3-12-8-10-13(11-9-12)14-6-4-5-7-15(14)16(17)19-18-2/h4-11,18H,3H2,1-2H3,(H2,17,19). The van der Waals surface area contributed by atoms with Crippen molar-refractivity contribution in [2.75, 3.05) is 7.05 Å². The zero-order valence-corrected chi connectivity index (χ0v) is 11.4. The summed E-state index contributed by atoms with van der Waals surface area (Å²) in [6.07, 6.45) is 1.05. The second-order valence-corrected chi connectivity index (χ2v) is 4.32. The Balaban J connectivity index is 2.46. The Morgan fingerprint density at radius 1 is 1.11 bits per heavy atom. The van der Waals surface area contributed by atoms with Crippen molar-refractivity contribution in [2.45, 2.75) is 13.3 Å². The molecule has 0 aromatic heterocycles. The van der Waals surface area contributed by atoms with E-state index in [1.54, 1.807) is 7.05 Å². The largest absolute Gasteiger partial charge is 0.382 e. The number of hydrazone groups is 1. The van der Waals surface area contributed by atoms with Gasteiger partial charge >= 0.3 is 0 Å². The van der Waals surface area contributed by atoms with Crippen molar-refractivity contribution in [3.63, 3.8) is 0 Å². The van der Waals surface area contributed by atoms with Gasteiger partial charge in [0.2, 0.25) is 0 Å². The maximum Gasteiger partial charge on any atom is 0.151 e. The molecule has 19 heavy (non-hydrogen) atoms. The van der Waals surface area contributed by atoms with E-state index in [4.69, 9.17) is 5.73 Å². The minimum Gasteiger partial charge on any atom is -0.382 e. The SMILES string of the molecule is CCc1ccc(-c2ccccc2/C(N)=N/NC)cc1. The number of hydrogen-bond acceptors (Lipinski definition) is 2. The molecule has 0 saturated carbocycles. The van der Waals surface area contributed by atoms with E-state index in [2.05, 4.69) is 47.8 Å². The molecule has 0 aliphatic carbocycles. The lowest BCUT2D eigenvalue weighted by molar-refractivity contribution is 0.898. The lowest BCUT2D eigenvalue weighted by Crippen LogP contribution is -2.18. The van der Waals surface area contributed by atoms with Crippen molar-refractivity contribution in [1.29, 1.82) is 0 Å². The van der Waals surface area contributed by atoms with Crippen LogP contribution in [-0.2, 0) is 6.42 Å². The van der Waals surface area contributed by atoms with Crippen molar-refractivity contribution in [2.24, 2.45) is 10.8 Å². The van der Waals surface area contributed by atoms with E-state index in [-0.39, 0.29) is 0 Å². The molecular weight excluding hydrogens is 234 g/mol. The molecule has 0 saturated heterocycles. The van der Waals surface area contributed by atoms with E-state index < -0.39 is 0 Å². The van der Waals surface area contributed by atoms with Crippen LogP contribution in [0.5, 0.6) is 0 Å². The summed E-state index contributed by atoms with van der Waals surface area (Å²) in [4.78, 5) is 0. The number of rotatable bonds is 4. The number of hydrogen-bond donors (Lipinski definition) is 2. The predicted octanol–water partition coefficient (Wildman–Crippen LogP) is 2.76. The van der Waals surface area contributed by atoms with Gasteiger partial charge in [-0.1, -0.05) is 55.5 Å². The van der Waals surface area contributed by atoms with Crippen LogP contribution in [0.15, 0.2) is 53.6 Å². The highest BCUT2D eigenvalue weighted by Crippen LogP contribution is 2.24. The fourth-order valence-corrected chi connectivity index (χ4v) is 2.06. The number of amidine groups is 1. The molecule has 0 fully saturated rings.